The molecule has 0 spiro atoms. The lowest BCUT2D eigenvalue weighted by Gasteiger charge is -2.38. The normalized spacial score (nSPS) is 16.2. The van der Waals surface area contributed by atoms with Crippen LogP contribution in [0.15, 0.2) is 11.1 Å². The molecule has 0 amide bonds. The lowest BCUT2D eigenvalue weighted by Crippen LogP contribution is -2.48. The molecule has 96 valence electrons. The minimum Gasteiger partial charge on any atom is -0.351 e. The number of aromatic nitrogens is 4. The molecule has 1 fully saturated rings. The van der Waals surface area contributed by atoms with E-state index in [0.29, 0.717) is 0 Å². The van der Waals surface area contributed by atoms with E-state index in [1.807, 2.05) is 0 Å². The molecule has 2 aromatic rings. The summed E-state index contributed by atoms with van der Waals surface area (Å²) < 4.78 is 0. The Morgan fingerprint density at radius 1 is 1.44 bits per heavy atom. The van der Waals surface area contributed by atoms with Crippen molar-refractivity contribution in [2.24, 2.45) is 0 Å². The van der Waals surface area contributed by atoms with E-state index in [4.69, 9.17) is 0 Å². The molecule has 1 saturated carbocycles. The Bertz CT molecular complexity index is 615. The fourth-order valence-electron chi connectivity index (χ4n) is 2.09. The summed E-state index contributed by atoms with van der Waals surface area (Å²) in [6, 6.07) is -0.00968. The predicted molar refractivity (Wildman–Crippen MR) is 62.9 cm³/mol. The van der Waals surface area contributed by atoms with Gasteiger partial charge in [-0.3, -0.25) is 14.7 Å². The highest BCUT2D eigenvalue weighted by atomic mass is 16.5. The van der Waals surface area contributed by atoms with Crippen molar-refractivity contribution in [2.75, 3.05) is 4.90 Å². The largest absolute Gasteiger partial charge is 0.351 e. The third kappa shape index (κ3) is 1.66. The number of aliphatic hydroxyl groups is 2. The van der Waals surface area contributed by atoms with E-state index in [1.165, 1.54) is 11.2 Å². The van der Waals surface area contributed by atoms with Gasteiger partial charge in [0.15, 0.2) is 11.2 Å². The molecule has 0 atom stereocenters. The van der Waals surface area contributed by atoms with Crippen LogP contribution in [0.3, 0.4) is 0 Å². The van der Waals surface area contributed by atoms with Crippen LogP contribution in [0.25, 0.3) is 11.2 Å². The molecule has 0 unspecified atom stereocenters. The van der Waals surface area contributed by atoms with Crippen molar-refractivity contribution in [1.82, 2.24) is 19.9 Å². The number of H-pyrrole nitrogens is 2. The molecule has 1 aliphatic rings. The van der Waals surface area contributed by atoms with Gasteiger partial charge < -0.3 is 15.2 Å². The van der Waals surface area contributed by atoms with Crippen LogP contribution in [-0.2, 0) is 0 Å². The van der Waals surface area contributed by atoms with Crippen molar-refractivity contribution in [2.45, 2.75) is 31.7 Å². The Labute approximate surface area is 101 Å². The van der Waals surface area contributed by atoms with Gasteiger partial charge in [-0.2, -0.15) is 4.98 Å². The first-order chi connectivity index (χ1) is 8.66. The number of nitrogens with one attached hydrogen (secondary N) is 2. The maximum atomic E-state index is 11.8. The average molecular weight is 251 g/mol. The fourth-order valence-corrected chi connectivity index (χ4v) is 2.09. The average Bonchev–Trinajstić information content (AvgIpc) is 2.70. The third-order valence-corrected chi connectivity index (χ3v) is 3.24. The number of fused-ring (bicyclic) bond motifs is 1. The summed E-state index contributed by atoms with van der Waals surface area (Å²) in [6.07, 6.45) is 2.41. The molecule has 4 N–H and O–H groups in total. The van der Waals surface area contributed by atoms with Crippen LogP contribution in [0.2, 0.25) is 0 Å². The molecule has 1 aliphatic carbocycles. The Balaban J connectivity index is 2.08. The summed E-state index contributed by atoms with van der Waals surface area (Å²) in [5.74, 6) is 0.138. The van der Waals surface area contributed by atoms with Gasteiger partial charge in [-0.1, -0.05) is 0 Å². The number of rotatable bonds is 3. The van der Waals surface area contributed by atoms with Crippen LogP contribution >= 0.6 is 0 Å². The summed E-state index contributed by atoms with van der Waals surface area (Å²) in [5, 5.41) is 18.8. The van der Waals surface area contributed by atoms with Crippen LogP contribution in [-0.4, -0.2) is 42.6 Å². The lowest BCUT2D eigenvalue weighted by atomic mass is 9.92. The molecular formula is C10H13N5O3. The minimum absolute atomic E-state index is 0.00968. The van der Waals surface area contributed by atoms with E-state index in [0.717, 1.165) is 19.3 Å². The summed E-state index contributed by atoms with van der Waals surface area (Å²) in [5.41, 5.74) is 0.163. The molecule has 8 nitrogen and oxygen atoms in total. The number of aromatic amines is 2. The van der Waals surface area contributed by atoms with Gasteiger partial charge >= 0.3 is 0 Å². The Morgan fingerprint density at radius 2 is 2.22 bits per heavy atom. The fraction of sp³-hybridized carbons (Fsp3) is 0.500. The summed E-state index contributed by atoms with van der Waals surface area (Å²) in [4.78, 5) is 26.3. The van der Waals surface area contributed by atoms with Crippen LogP contribution in [0.1, 0.15) is 19.3 Å². The van der Waals surface area contributed by atoms with Gasteiger partial charge in [0, 0.05) is 6.04 Å². The van der Waals surface area contributed by atoms with Crippen LogP contribution in [0.4, 0.5) is 5.95 Å². The molecule has 2 aromatic heterocycles. The van der Waals surface area contributed by atoms with Crippen molar-refractivity contribution < 1.29 is 10.2 Å². The number of aliphatic hydroxyl groups excluding tert-OH is 1. The van der Waals surface area contributed by atoms with Crippen molar-refractivity contribution in [3.63, 3.8) is 0 Å². The molecule has 18 heavy (non-hydrogen) atoms. The second-order valence-electron chi connectivity index (χ2n) is 4.33. The van der Waals surface area contributed by atoms with E-state index in [1.54, 1.807) is 0 Å². The first-order valence-electron chi connectivity index (χ1n) is 5.74. The molecule has 0 bridgehead atoms. The minimum atomic E-state index is -1.69. The van der Waals surface area contributed by atoms with Gasteiger partial charge in [0.1, 0.15) is 0 Å². The maximum Gasteiger partial charge on any atom is 0.278 e. The second-order valence-corrected chi connectivity index (χ2v) is 4.33. The SMILES string of the molecule is O=c1[nH]c(N(C(O)O)C2CCC2)nc2nc[nH]c12. The zero-order valence-electron chi connectivity index (χ0n) is 9.50. The molecule has 0 radical (unpaired) electrons. The Hall–Kier alpha value is -1.93. The summed E-state index contributed by atoms with van der Waals surface area (Å²) in [6.45, 7) is 0. The van der Waals surface area contributed by atoms with Gasteiger partial charge in [-0.15, -0.1) is 0 Å². The van der Waals surface area contributed by atoms with Crippen LogP contribution < -0.4 is 10.5 Å². The van der Waals surface area contributed by atoms with Gasteiger partial charge in [0.2, 0.25) is 12.4 Å². The number of hydrogen-bond acceptors (Lipinski definition) is 6. The smallest absolute Gasteiger partial charge is 0.278 e. The number of nitrogens with zero attached hydrogens (tertiary/aromatic N) is 3. The highest BCUT2D eigenvalue weighted by Gasteiger charge is 2.31. The third-order valence-electron chi connectivity index (χ3n) is 3.24. The van der Waals surface area contributed by atoms with Gasteiger partial charge in [-0.05, 0) is 19.3 Å². The van der Waals surface area contributed by atoms with E-state index in [9.17, 15) is 15.0 Å². The number of anilines is 1. The number of hydrogen-bond donors (Lipinski definition) is 4. The molecule has 3 rings (SSSR count). The van der Waals surface area contributed by atoms with Crippen molar-refractivity contribution in [3.05, 3.63) is 16.7 Å². The Morgan fingerprint density at radius 3 is 2.83 bits per heavy atom. The maximum absolute atomic E-state index is 11.8. The van der Waals surface area contributed by atoms with Gasteiger partial charge in [0.25, 0.3) is 5.56 Å². The molecule has 0 aromatic carbocycles. The second kappa shape index (κ2) is 4.07. The van der Waals surface area contributed by atoms with E-state index in [-0.39, 0.29) is 28.7 Å². The van der Waals surface area contributed by atoms with E-state index >= 15 is 0 Å². The van der Waals surface area contributed by atoms with E-state index in [2.05, 4.69) is 19.9 Å². The van der Waals surface area contributed by atoms with Crippen molar-refractivity contribution in [3.8, 4) is 0 Å². The molecule has 2 heterocycles. The summed E-state index contributed by atoms with van der Waals surface area (Å²) in [7, 11) is 0. The van der Waals surface area contributed by atoms with Crippen molar-refractivity contribution >= 4 is 17.1 Å². The van der Waals surface area contributed by atoms with Crippen LogP contribution in [0, 0.1) is 0 Å². The Kier molecular flexibility index (Phi) is 2.53. The highest BCUT2D eigenvalue weighted by Crippen LogP contribution is 2.28. The van der Waals surface area contributed by atoms with Crippen molar-refractivity contribution in [1.29, 1.82) is 0 Å². The monoisotopic (exact) mass is 251 g/mol. The lowest BCUT2D eigenvalue weighted by molar-refractivity contribution is -0.0523. The molecule has 0 aliphatic heterocycles. The summed E-state index contributed by atoms with van der Waals surface area (Å²) >= 11 is 0. The first-order valence-corrected chi connectivity index (χ1v) is 5.74. The standard InChI is InChI=1S/C10H13N5O3/c16-8-6-7(12-4-11-6)13-9(14-8)15(10(17)18)5-2-1-3-5/h4-5,10,17-18H,1-3H2,(H2,11,12,13,14,16). The highest BCUT2D eigenvalue weighted by molar-refractivity contribution is 5.69. The zero-order valence-corrected chi connectivity index (χ0v) is 9.50. The van der Waals surface area contributed by atoms with Gasteiger partial charge in [-0.25, -0.2) is 4.98 Å². The quantitative estimate of drug-likeness (QED) is 0.534. The van der Waals surface area contributed by atoms with Gasteiger partial charge in [0.05, 0.1) is 6.33 Å². The molecule has 0 saturated heterocycles. The molecule has 8 heteroatoms. The van der Waals surface area contributed by atoms with E-state index < -0.39 is 6.41 Å². The predicted octanol–water partition coefficient (Wildman–Crippen LogP) is -0.727. The first kappa shape index (κ1) is 11.2. The zero-order chi connectivity index (χ0) is 12.7. The number of imidazole rings is 1. The van der Waals surface area contributed by atoms with Crippen LogP contribution in [0.5, 0.6) is 0 Å². The molecular weight excluding hydrogens is 238 g/mol. The topological polar surface area (TPSA) is 118 Å².